The number of anilines is 1. The molecule has 76 valence electrons. The van der Waals surface area contributed by atoms with Gasteiger partial charge in [0.05, 0.1) is 0 Å². The molecule has 0 saturated heterocycles. The van der Waals surface area contributed by atoms with Gasteiger partial charge >= 0.3 is 5.97 Å². The van der Waals surface area contributed by atoms with E-state index in [1.54, 1.807) is 13.1 Å². The van der Waals surface area contributed by atoms with Gasteiger partial charge in [0.25, 0.3) is 0 Å². The van der Waals surface area contributed by atoms with Crippen molar-refractivity contribution < 1.29 is 9.90 Å². The van der Waals surface area contributed by atoms with Crippen LogP contribution in [-0.4, -0.2) is 24.2 Å². The summed E-state index contributed by atoms with van der Waals surface area (Å²) in [6.45, 7) is 0. The molecule has 0 radical (unpaired) electrons. The number of carboxylic acids is 1. The minimum absolute atomic E-state index is 0.401. The van der Waals surface area contributed by atoms with Crippen molar-refractivity contribution in [3.05, 3.63) is 29.8 Å². The van der Waals surface area contributed by atoms with Crippen molar-refractivity contribution in [1.29, 1.82) is 0 Å². The molecule has 0 aliphatic rings. The van der Waals surface area contributed by atoms with Gasteiger partial charge in [-0.25, -0.2) is 0 Å². The zero-order valence-corrected chi connectivity index (χ0v) is 8.03. The van der Waals surface area contributed by atoms with Crippen LogP contribution in [0.4, 0.5) is 5.69 Å². The fraction of sp³-hybridized carbons (Fsp3) is 0.300. The van der Waals surface area contributed by atoms with Gasteiger partial charge < -0.3 is 16.2 Å². The average molecular weight is 194 g/mol. The van der Waals surface area contributed by atoms with Crippen LogP contribution in [-0.2, 0) is 11.2 Å². The fourth-order valence-electron chi connectivity index (χ4n) is 1.25. The zero-order chi connectivity index (χ0) is 10.6. The molecule has 0 aliphatic carbocycles. The standard InChI is InChI=1S/C10H14N2O2/c1-12-9(10(13)14)6-7-4-2-3-5-8(7)11/h2-5,9,12H,6,11H2,1H3,(H,13,14). The predicted molar refractivity (Wildman–Crippen MR) is 55.0 cm³/mol. The van der Waals surface area contributed by atoms with Crippen LogP contribution in [0.25, 0.3) is 0 Å². The molecule has 0 saturated carbocycles. The molecule has 0 amide bonds. The number of aliphatic carboxylic acids is 1. The number of rotatable bonds is 4. The maximum absolute atomic E-state index is 10.7. The molecule has 0 fully saturated rings. The van der Waals surface area contributed by atoms with Crippen molar-refractivity contribution in [3.8, 4) is 0 Å². The molecular weight excluding hydrogens is 180 g/mol. The second kappa shape index (κ2) is 4.62. The van der Waals surface area contributed by atoms with Gasteiger partial charge in [0, 0.05) is 12.1 Å². The molecule has 0 bridgehead atoms. The van der Waals surface area contributed by atoms with Crippen LogP contribution in [0.3, 0.4) is 0 Å². The van der Waals surface area contributed by atoms with Crippen molar-refractivity contribution in [2.75, 3.05) is 12.8 Å². The third kappa shape index (κ3) is 2.47. The lowest BCUT2D eigenvalue weighted by molar-refractivity contribution is -0.139. The van der Waals surface area contributed by atoms with Crippen LogP contribution in [0.15, 0.2) is 24.3 Å². The van der Waals surface area contributed by atoms with E-state index in [2.05, 4.69) is 5.32 Å². The number of likely N-dealkylation sites (N-methyl/N-ethyl adjacent to an activating group) is 1. The molecule has 1 rings (SSSR count). The number of para-hydroxylation sites is 1. The maximum atomic E-state index is 10.7. The van der Waals surface area contributed by atoms with Gasteiger partial charge in [0.15, 0.2) is 0 Å². The number of carbonyl (C=O) groups is 1. The Morgan fingerprint density at radius 3 is 2.71 bits per heavy atom. The third-order valence-corrected chi connectivity index (χ3v) is 2.13. The molecule has 0 heterocycles. The highest BCUT2D eigenvalue weighted by atomic mass is 16.4. The van der Waals surface area contributed by atoms with Crippen molar-refractivity contribution in [1.82, 2.24) is 5.32 Å². The zero-order valence-electron chi connectivity index (χ0n) is 8.03. The molecule has 4 heteroatoms. The van der Waals surface area contributed by atoms with E-state index in [-0.39, 0.29) is 0 Å². The second-order valence-electron chi connectivity index (χ2n) is 3.08. The van der Waals surface area contributed by atoms with Crippen LogP contribution in [0.5, 0.6) is 0 Å². The van der Waals surface area contributed by atoms with E-state index in [0.29, 0.717) is 12.1 Å². The Balaban J connectivity index is 2.77. The Labute approximate surface area is 82.7 Å². The second-order valence-corrected chi connectivity index (χ2v) is 3.08. The number of nitrogens with one attached hydrogen (secondary N) is 1. The molecule has 1 aromatic carbocycles. The van der Waals surface area contributed by atoms with Gasteiger partial charge in [-0.2, -0.15) is 0 Å². The highest BCUT2D eigenvalue weighted by molar-refractivity contribution is 5.74. The minimum atomic E-state index is -0.865. The summed E-state index contributed by atoms with van der Waals surface area (Å²) in [5.74, 6) is -0.865. The van der Waals surface area contributed by atoms with E-state index >= 15 is 0 Å². The van der Waals surface area contributed by atoms with Crippen molar-refractivity contribution in [2.45, 2.75) is 12.5 Å². The van der Waals surface area contributed by atoms with Gasteiger partial charge in [-0.3, -0.25) is 4.79 Å². The number of hydrogen-bond donors (Lipinski definition) is 3. The molecule has 1 unspecified atom stereocenters. The van der Waals surface area contributed by atoms with Crippen molar-refractivity contribution in [3.63, 3.8) is 0 Å². The smallest absolute Gasteiger partial charge is 0.321 e. The van der Waals surface area contributed by atoms with E-state index in [1.807, 2.05) is 18.2 Å². The van der Waals surface area contributed by atoms with Gasteiger partial charge in [-0.15, -0.1) is 0 Å². The number of hydrogen-bond acceptors (Lipinski definition) is 3. The van der Waals surface area contributed by atoms with Crippen LogP contribution in [0.2, 0.25) is 0 Å². The predicted octanol–water partition coefficient (Wildman–Crippen LogP) is 0.484. The summed E-state index contributed by atoms with van der Waals surface area (Å²) >= 11 is 0. The van der Waals surface area contributed by atoms with E-state index in [0.717, 1.165) is 5.56 Å². The van der Waals surface area contributed by atoms with Crippen LogP contribution in [0.1, 0.15) is 5.56 Å². The summed E-state index contributed by atoms with van der Waals surface area (Å²) in [5, 5.41) is 11.5. The average Bonchev–Trinajstić information content (AvgIpc) is 2.16. The topological polar surface area (TPSA) is 75.3 Å². The van der Waals surface area contributed by atoms with E-state index in [4.69, 9.17) is 10.8 Å². The molecule has 1 atom stereocenters. The first kappa shape index (κ1) is 10.5. The summed E-state index contributed by atoms with van der Waals surface area (Å²) < 4.78 is 0. The van der Waals surface area contributed by atoms with Crippen molar-refractivity contribution in [2.24, 2.45) is 0 Å². The minimum Gasteiger partial charge on any atom is -0.480 e. The van der Waals surface area contributed by atoms with Gasteiger partial charge in [-0.05, 0) is 18.7 Å². The Kier molecular flexibility index (Phi) is 3.48. The summed E-state index contributed by atoms with van der Waals surface area (Å²) in [6.07, 6.45) is 0.401. The first-order valence-corrected chi connectivity index (χ1v) is 4.38. The van der Waals surface area contributed by atoms with Gasteiger partial charge in [-0.1, -0.05) is 18.2 Å². The largest absolute Gasteiger partial charge is 0.480 e. The Morgan fingerprint density at radius 1 is 1.57 bits per heavy atom. The normalized spacial score (nSPS) is 12.4. The lowest BCUT2D eigenvalue weighted by Gasteiger charge is -2.12. The third-order valence-electron chi connectivity index (χ3n) is 2.13. The molecule has 1 aromatic rings. The van der Waals surface area contributed by atoms with Crippen LogP contribution >= 0.6 is 0 Å². The summed E-state index contributed by atoms with van der Waals surface area (Å²) in [5.41, 5.74) is 7.19. The molecule has 0 spiro atoms. The molecule has 4 nitrogen and oxygen atoms in total. The summed E-state index contributed by atoms with van der Waals surface area (Å²) in [4.78, 5) is 10.7. The molecule has 0 aromatic heterocycles. The molecule has 0 aliphatic heterocycles. The molecule has 14 heavy (non-hydrogen) atoms. The summed E-state index contributed by atoms with van der Waals surface area (Å²) in [6, 6.07) is 6.69. The van der Waals surface area contributed by atoms with E-state index in [1.165, 1.54) is 0 Å². The summed E-state index contributed by atoms with van der Waals surface area (Å²) in [7, 11) is 1.62. The van der Waals surface area contributed by atoms with Crippen LogP contribution in [0, 0.1) is 0 Å². The van der Waals surface area contributed by atoms with E-state index < -0.39 is 12.0 Å². The Hall–Kier alpha value is -1.55. The number of nitrogens with two attached hydrogens (primary N) is 1. The number of carboxylic acid groups (broad SMARTS) is 1. The first-order valence-electron chi connectivity index (χ1n) is 4.38. The lowest BCUT2D eigenvalue weighted by Crippen LogP contribution is -2.35. The van der Waals surface area contributed by atoms with Gasteiger partial charge in [0.2, 0.25) is 0 Å². The lowest BCUT2D eigenvalue weighted by atomic mass is 10.0. The number of nitrogen functional groups attached to an aromatic ring is 1. The Morgan fingerprint density at radius 2 is 2.21 bits per heavy atom. The first-order chi connectivity index (χ1) is 6.65. The van der Waals surface area contributed by atoms with E-state index in [9.17, 15) is 4.79 Å². The highest BCUT2D eigenvalue weighted by Gasteiger charge is 2.15. The Bertz CT molecular complexity index is 326. The van der Waals surface area contributed by atoms with Crippen molar-refractivity contribution >= 4 is 11.7 Å². The highest BCUT2D eigenvalue weighted by Crippen LogP contribution is 2.12. The fourth-order valence-corrected chi connectivity index (χ4v) is 1.25. The van der Waals surface area contributed by atoms with Gasteiger partial charge in [0.1, 0.15) is 6.04 Å². The molecular formula is C10H14N2O2. The monoisotopic (exact) mass is 194 g/mol. The van der Waals surface area contributed by atoms with Crippen LogP contribution < -0.4 is 11.1 Å². The molecule has 4 N–H and O–H groups in total. The quantitative estimate of drug-likeness (QED) is 0.609. The number of benzene rings is 1. The SMILES string of the molecule is CNC(Cc1ccccc1N)C(=O)O. The maximum Gasteiger partial charge on any atom is 0.321 e.